The third kappa shape index (κ3) is 8.44. The molecule has 0 aromatic carbocycles. The summed E-state index contributed by atoms with van der Waals surface area (Å²) >= 11 is 0. The average molecular weight is 258 g/mol. The van der Waals surface area contributed by atoms with Crippen LogP contribution in [0.3, 0.4) is 0 Å². The number of hydrogen-bond donors (Lipinski definition) is 2. The number of amides is 1. The van der Waals surface area contributed by atoms with Crippen LogP contribution in [0.15, 0.2) is 0 Å². The van der Waals surface area contributed by atoms with Gasteiger partial charge in [0.05, 0.1) is 0 Å². The monoisotopic (exact) mass is 258 g/mol. The molecular weight excluding hydrogens is 228 g/mol. The lowest BCUT2D eigenvalue weighted by Gasteiger charge is -2.27. The van der Waals surface area contributed by atoms with E-state index in [2.05, 4.69) is 29.2 Å². The van der Waals surface area contributed by atoms with E-state index in [4.69, 9.17) is 5.73 Å². The highest BCUT2D eigenvalue weighted by Gasteiger charge is 2.17. The second kappa shape index (κ2) is 9.30. The molecule has 3 N–H and O–H groups in total. The normalized spacial score (nSPS) is 13.4. The van der Waals surface area contributed by atoms with E-state index < -0.39 is 0 Å². The van der Waals surface area contributed by atoms with Crippen LogP contribution in [0, 0.1) is 0 Å². The molecular formula is C13H30N4O. The lowest BCUT2D eigenvalue weighted by molar-refractivity contribution is -0.122. The molecule has 108 valence electrons. The molecule has 0 aromatic rings. The maximum Gasteiger partial charge on any atom is 0.221 e. The lowest BCUT2D eigenvalue weighted by Crippen LogP contribution is -2.43. The molecule has 0 aliphatic heterocycles. The summed E-state index contributed by atoms with van der Waals surface area (Å²) in [6.45, 7) is 6.48. The Morgan fingerprint density at radius 2 is 1.83 bits per heavy atom. The number of nitrogens with zero attached hydrogens (tertiary/aromatic N) is 2. The van der Waals surface area contributed by atoms with Crippen LogP contribution in [0.2, 0.25) is 0 Å². The van der Waals surface area contributed by atoms with Crippen LogP contribution < -0.4 is 11.1 Å². The largest absolute Gasteiger partial charge is 0.354 e. The molecule has 18 heavy (non-hydrogen) atoms. The molecule has 1 atom stereocenters. The minimum absolute atomic E-state index is 0.0832. The van der Waals surface area contributed by atoms with Gasteiger partial charge in [-0.3, -0.25) is 4.79 Å². The molecule has 0 radical (unpaired) electrons. The topological polar surface area (TPSA) is 61.6 Å². The highest BCUT2D eigenvalue weighted by atomic mass is 16.1. The van der Waals surface area contributed by atoms with E-state index in [-0.39, 0.29) is 18.0 Å². The van der Waals surface area contributed by atoms with Gasteiger partial charge < -0.3 is 20.9 Å². The molecule has 1 unspecified atom stereocenters. The summed E-state index contributed by atoms with van der Waals surface area (Å²) in [6, 6.07) is 0.320. The fourth-order valence-corrected chi connectivity index (χ4v) is 1.83. The molecule has 5 heteroatoms. The number of rotatable bonds is 9. The molecule has 0 fully saturated rings. The summed E-state index contributed by atoms with van der Waals surface area (Å²) < 4.78 is 0. The van der Waals surface area contributed by atoms with Crippen molar-refractivity contribution in [1.29, 1.82) is 0 Å². The van der Waals surface area contributed by atoms with Gasteiger partial charge in [0.25, 0.3) is 0 Å². The third-order valence-electron chi connectivity index (χ3n) is 2.88. The summed E-state index contributed by atoms with van der Waals surface area (Å²) in [4.78, 5) is 16.1. The van der Waals surface area contributed by atoms with Crippen molar-refractivity contribution in [2.24, 2.45) is 5.73 Å². The highest BCUT2D eigenvalue weighted by molar-refractivity contribution is 5.76. The summed E-state index contributed by atoms with van der Waals surface area (Å²) in [5, 5.41) is 2.91. The van der Waals surface area contributed by atoms with Crippen molar-refractivity contribution in [2.45, 2.75) is 38.8 Å². The zero-order valence-electron chi connectivity index (χ0n) is 12.6. The van der Waals surface area contributed by atoms with Gasteiger partial charge in [-0.2, -0.15) is 0 Å². The summed E-state index contributed by atoms with van der Waals surface area (Å²) in [7, 11) is 6.17. The number of hydrogen-bond acceptors (Lipinski definition) is 4. The van der Waals surface area contributed by atoms with E-state index in [0.29, 0.717) is 13.0 Å². The molecule has 0 bridgehead atoms. The fourth-order valence-electron chi connectivity index (χ4n) is 1.83. The first kappa shape index (κ1) is 17.4. The van der Waals surface area contributed by atoms with Crippen LogP contribution in [0.25, 0.3) is 0 Å². The molecule has 0 saturated carbocycles. The minimum atomic E-state index is 0.0832. The maximum absolute atomic E-state index is 11.7. The first-order valence-corrected chi connectivity index (χ1v) is 6.71. The zero-order chi connectivity index (χ0) is 14.1. The second-order valence-electron chi connectivity index (χ2n) is 5.45. The molecule has 5 nitrogen and oxygen atoms in total. The SMILES string of the molecule is CC(C)NC(=O)CC(CN)N(C)CCCN(C)C. The van der Waals surface area contributed by atoms with Crippen molar-refractivity contribution in [3.8, 4) is 0 Å². The van der Waals surface area contributed by atoms with Crippen LogP contribution in [-0.4, -0.2) is 68.6 Å². The molecule has 0 heterocycles. The van der Waals surface area contributed by atoms with E-state index in [1.165, 1.54) is 0 Å². The van der Waals surface area contributed by atoms with Gasteiger partial charge in [-0.05, 0) is 54.5 Å². The van der Waals surface area contributed by atoms with E-state index >= 15 is 0 Å². The zero-order valence-corrected chi connectivity index (χ0v) is 12.6. The van der Waals surface area contributed by atoms with E-state index in [0.717, 1.165) is 19.5 Å². The van der Waals surface area contributed by atoms with Gasteiger partial charge in [-0.1, -0.05) is 0 Å². The Bertz CT molecular complexity index is 231. The van der Waals surface area contributed by atoms with Crippen molar-refractivity contribution in [1.82, 2.24) is 15.1 Å². The standard InChI is InChI=1S/C13H30N4O/c1-11(2)15-13(18)9-12(10-14)17(5)8-6-7-16(3)4/h11-12H,6-10,14H2,1-5H3,(H,15,18). The smallest absolute Gasteiger partial charge is 0.221 e. The van der Waals surface area contributed by atoms with Crippen molar-refractivity contribution in [3.05, 3.63) is 0 Å². The number of nitrogens with one attached hydrogen (secondary N) is 1. The second-order valence-corrected chi connectivity index (χ2v) is 5.45. The van der Waals surface area contributed by atoms with E-state index in [1.54, 1.807) is 0 Å². The Kier molecular flexibility index (Phi) is 8.97. The van der Waals surface area contributed by atoms with Crippen LogP contribution in [0.4, 0.5) is 0 Å². The van der Waals surface area contributed by atoms with Gasteiger partial charge in [0.2, 0.25) is 5.91 Å². The van der Waals surface area contributed by atoms with Crippen LogP contribution >= 0.6 is 0 Å². The van der Waals surface area contributed by atoms with E-state index in [1.807, 2.05) is 20.9 Å². The molecule has 1 amide bonds. The highest BCUT2D eigenvalue weighted by Crippen LogP contribution is 2.02. The lowest BCUT2D eigenvalue weighted by atomic mass is 10.1. The Morgan fingerprint density at radius 3 is 2.28 bits per heavy atom. The predicted molar refractivity (Wildman–Crippen MR) is 76.5 cm³/mol. The quantitative estimate of drug-likeness (QED) is 0.616. The predicted octanol–water partition coefficient (Wildman–Crippen LogP) is 0.112. The first-order valence-electron chi connectivity index (χ1n) is 6.71. The number of likely N-dealkylation sites (N-methyl/N-ethyl adjacent to an activating group) is 1. The first-order chi connectivity index (χ1) is 8.36. The number of carbonyl (C=O) groups is 1. The van der Waals surface area contributed by atoms with Gasteiger partial charge in [-0.25, -0.2) is 0 Å². The molecule has 0 aromatic heterocycles. The minimum Gasteiger partial charge on any atom is -0.354 e. The average Bonchev–Trinajstić information content (AvgIpc) is 2.24. The molecule has 0 spiro atoms. The third-order valence-corrected chi connectivity index (χ3v) is 2.88. The van der Waals surface area contributed by atoms with Gasteiger partial charge in [0, 0.05) is 25.0 Å². The van der Waals surface area contributed by atoms with Crippen molar-refractivity contribution >= 4 is 5.91 Å². The van der Waals surface area contributed by atoms with Crippen molar-refractivity contribution < 1.29 is 4.79 Å². The molecule has 0 aliphatic carbocycles. The number of nitrogens with two attached hydrogens (primary N) is 1. The fraction of sp³-hybridized carbons (Fsp3) is 0.923. The Labute approximate surface area is 112 Å². The Balaban J connectivity index is 4.02. The van der Waals surface area contributed by atoms with Gasteiger partial charge in [-0.15, -0.1) is 0 Å². The molecule has 0 aliphatic rings. The van der Waals surface area contributed by atoms with Crippen LogP contribution in [-0.2, 0) is 4.79 Å². The van der Waals surface area contributed by atoms with Gasteiger partial charge >= 0.3 is 0 Å². The van der Waals surface area contributed by atoms with Gasteiger partial charge in [0.15, 0.2) is 0 Å². The van der Waals surface area contributed by atoms with Gasteiger partial charge in [0.1, 0.15) is 0 Å². The van der Waals surface area contributed by atoms with Crippen molar-refractivity contribution in [2.75, 3.05) is 40.8 Å². The van der Waals surface area contributed by atoms with Crippen LogP contribution in [0.5, 0.6) is 0 Å². The Morgan fingerprint density at radius 1 is 1.22 bits per heavy atom. The number of carbonyl (C=O) groups excluding carboxylic acids is 1. The summed E-state index contributed by atoms with van der Waals surface area (Å²) in [5.74, 6) is 0.0832. The van der Waals surface area contributed by atoms with Crippen molar-refractivity contribution in [3.63, 3.8) is 0 Å². The maximum atomic E-state index is 11.7. The van der Waals surface area contributed by atoms with E-state index in [9.17, 15) is 4.79 Å². The molecule has 0 rings (SSSR count). The molecule has 0 saturated heterocycles. The van der Waals surface area contributed by atoms with Crippen LogP contribution in [0.1, 0.15) is 26.7 Å². The Hall–Kier alpha value is -0.650. The summed E-state index contributed by atoms with van der Waals surface area (Å²) in [6.07, 6.45) is 1.57. The summed E-state index contributed by atoms with van der Waals surface area (Å²) in [5.41, 5.74) is 5.75.